The van der Waals surface area contributed by atoms with E-state index in [2.05, 4.69) is 4.72 Å². The van der Waals surface area contributed by atoms with Crippen molar-refractivity contribution in [3.05, 3.63) is 28.8 Å². The maximum atomic E-state index is 12.1. The highest BCUT2D eigenvalue weighted by Gasteiger charge is 2.19. The summed E-state index contributed by atoms with van der Waals surface area (Å²) in [7, 11) is -3.84. The van der Waals surface area contributed by atoms with E-state index in [0.29, 0.717) is 6.42 Å². The Morgan fingerprint density at radius 1 is 1.52 bits per heavy atom. The molecule has 6 nitrogen and oxygen atoms in total. The van der Waals surface area contributed by atoms with Gasteiger partial charge in [0.25, 0.3) is 0 Å². The van der Waals surface area contributed by atoms with E-state index in [4.69, 9.17) is 22.0 Å². The number of sulfonamides is 1. The number of hydrogen-bond donors (Lipinski definition) is 2. The molecule has 0 aliphatic heterocycles. The second-order valence-electron chi connectivity index (χ2n) is 4.65. The molecular formula is C13H15ClN2O4S. The van der Waals surface area contributed by atoms with E-state index in [1.165, 1.54) is 18.2 Å². The van der Waals surface area contributed by atoms with Crippen molar-refractivity contribution in [2.45, 2.75) is 24.7 Å². The number of aliphatic carboxylic acids is 1. The third-order valence-electron chi connectivity index (χ3n) is 2.82. The number of nitrogens with zero attached hydrogens (tertiary/aromatic N) is 1. The van der Waals surface area contributed by atoms with Crippen molar-refractivity contribution in [2.24, 2.45) is 5.92 Å². The van der Waals surface area contributed by atoms with Crippen molar-refractivity contribution in [3.63, 3.8) is 0 Å². The van der Waals surface area contributed by atoms with Crippen LogP contribution in [0.5, 0.6) is 0 Å². The van der Waals surface area contributed by atoms with Crippen LogP contribution in [0, 0.1) is 17.2 Å². The van der Waals surface area contributed by atoms with Crippen molar-refractivity contribution >= 4 is 27.6 Å². The molecular weight excluding hydrogens is 316 g/mol. The number of nitriles is 1. The lowest BCUT2D eigenvalue weighted by molar-refractivity contribution is -0.137. The summed E-state index contributed by atoms with van der Waals surface area (Å²) in [6, 6.07) is 5.83. The molecule has 0 saturated carbocycles. The number of benzene rings is 1. The molecule has 0 spiro atoms. The standard InChI is InChI=1S/C13H15ClN2O4S/c1-9(2-5-13(17)18)8-16-21(19,20)12-6-10(7-15)3-4-11(12)14/h3-4,6,9,16H,2,5,8H2,1H3,(H,17,18). The predicted molar refractivity (Wildman–Crippen MR) is 77.4 cm³/mol. The molecule has 0 aromatic heterocycles. The summed E-state index contributed by atoms with van der Waals surface area (Å²) in [5.41, 5.74) is 0.193. The van der Waals surface area contributed by atoms with E-state index in [1.807, 2.05) is 6.07 Å². The summed E-state index contributed by atoms with van der Waals surface area (Å²) in [6.07, 6.45) is 0.345. The lowest BCUT2D eigenvalue weighted by atomic mass is 10.1. The highest BCUT2D eigenvalue weighted by atomic mass is 35.5. The molecule has 114 valence electrons. The van der Waals surface area contributed by atoms with Crippen LogP contribution in [0.15, 0.2) is 23.1 Å². The maximum Gasteiger partial charge on any atom is 0.303 e. The number of nitrogens with one attached hydrogen (secondary N) is 1. The van der Waals surface area contributed by atoms with E-state index in [1.54, 1.807) is 6.92 Å². The summed E-state index contributed by atoms with van der Waals surface area (Å²) in [5, 5.41) is 17.4. The topological polar surface area (TPSA) is 107 Å². The Labute approximate surface area is 128 Å². The zero-order chi connectivity index (χ0) is 16.0. The minimum Gasteiger partial charge on any atom is -0.481 e. The second-order valence-corrected chi connectivity index (χ2v) is 6.79. The molecule has 0 bridgehead atoms. The molecule has 0 saturated heterocycles. The summed E-state index contributed by atoms with van der Waals surface area (Å²) in [4.78, 5) is 10.3. The van der Waals surface area contributed by atoms with E-state index >= 15 is 0 Å². The lowest BCUT2D eigenvalue weighted by Crippen LogP contribution is -2.29. The van der Waals surface area contributed by atoms with Crippen LogP contribution in [0.3, 0.4) is 0 Å². The highest BCUT2D eigenvalue weighted by molar-refractivity contribution is 7.89. The Bertz CT molecular complexity index is 667. The fraction of sp³-hybridized carbons (Fsp3) is 0.385. The zero-order valence-corrected chi connectivity index (χ0v) is 12.9. The van der Waals surface area contributed by atoms with Gasteiger partial charge >= 0.3 is 5.97 Å². The Kier molecular flexibility index (Phi) is 6.15. The van der Waals surface area contributed by atoms with Crippen molar-refractivity contribution in [3.8, 4) is 6.07 Å². The van der Waals surface area contributed by atoms with Crippen LogP contribution in [-0.4, -0.2) is 26.0 Å². The summed E-state index contributed by atoms with van der Waals surface area (Å²) >= 11 is 5.85. The van der Waals surface area contributed by atoms with Gasteiger partial charge in [-0.25, -0.2) is 13.1 Å². The van der Waals surface area contributed by atoms with Crippen molar-refractivity contribution in [1.29, 1.82) is 5.26 Å². The molecule has 1 aromatic rings. The fourth-order valence-corrected chi connectivity index (χ4v) is 3.27. The van der Waals surface area contributed by atoms with Gasteiger partial charge in [-0.3, -0.25) is 4.79 Å². The molecule has 1 atom stereocenters. The molecule has 0 fully saturated rings. The largest absolute Gasteiger partial charge is 0.481 e. The smallest absolute Gasteiger partial charge is 0.303 e. The normalized spacial score (nSPS) is 12.6. The van der Waals surface area contributed by atoms with Gasteiger partial charge in [-0.05, 0) is 30.5 Å². The van der Waals surface area contributed by atoms with Gasteiger partial charge in [0.05, 0.1) is 16.7 Å². The fourth-order valence-electron chi connectivity index (χ4n) is 1.58. The Morgan fingerprint density at radius 2 is 2.19 bits per heavy atom. The third kappa shape index (κ3) is 5.34. The van der Waals surface area contributed by atoms with Gasteiger partial charge in [-0.15, -0.1) is 0 Å². The van der Waals surface area contributed by atoms with Crippen LogP contribution < -0.4 is 4.72 Å². The molecule has 1 unspecified atom stereocenters. The number of rotatable bonds is 7. The number of carboxylic acids is 1. The van der Waals surface area contributed by atoms with Gasteiger partial charge in [-0.2, -0.15) is 5.26 Å². The molecule has 0 radical (unpaired) electrons. The number of carbonyl (C=O) groups is 1. The summed E-state index contributed by atoms with van der Waals surface area (Å²) in [6.45, 7) is 1.85. The quantitative estimate of drug-likeness (QED) is 0.795. The molecule has 0 heterocycles. The van der Waals surface area contributed by atoms with Crippen molar-refractivity contribution < 1.29 is 18.3 Å². The maximum absolute atomic E-state index is 12.1. The Morgan fingerprint density at radius 3 is 2.76 bits per heavy atom. The lowest BCUT2D eigenvalue weighted by Gasteiger charge is -2.13. The van der Waals surface area contributed by atoms with Gasteiger partial charge in [0.15, 0.2) is 0 Å². The summed E-state index contributed by atoms with van der Waals surface area (Å²) in [5.74, 6) is -1.05. The van der Waals surface area contributed by atoms with Crippen LogP contribution >= 0.6 is 11.6 Å². The molecule has 0 amide bonds. The van der Waals surface area contributed by atoms with Gasteiger partial charge < -0.3 is 5.11 Å². The van der Waals surface area contributed by atoms with Crippen molar-refractivity contribution in [1.82, 2.24) is 4.72 Å². The van der Waals surface area contributed by atoms with Crippen LogP contribution in [-0.2, 0) is 14.8 Å². The molecule has 0 aliphatic carbocycles. The average Bonchev–Trinajstić information content (AvgIpc) is 2.43. The van der Waals surface area contributed by atoms with Crippen molar-refractivity contribution in [2.75, 3.05) is 6.54 Å². The van der Waals surface area contributed by atoms with Crippen LogP contribution in [0.2, 0.25) is 5.02 Å². The molecule has 1 aromatic carbocycles. The number of carboxylic acid groups (broad SMARTS) is 1. The Hall–Kier alpha value is -1.62. The second kappa shape index (κ2) is 7.41. The highest BCUT2D eigenvalue weighted by Crippen LogP contribution is 2.22. The van der Waals surface area contributed by atoms with Gasteiger partial charge in [-0.1, -0.05) is 18.5 Å². The molecule has 8 heteroatoms. The first-order chi connectivity index (χ1) is 9.76. The molecule has 1 rings (SSSR count). The zero-order valence-electron chi connectivity index (χ0n) is 11.3. The minimum absolute atomic E-state index is 0.0203. The van der Waals surface area contributed by atoms with Gasteiger partial charge in [0, 0.05) is 13.0 Å². The number of halogens is 1. The van der Waals surface area contributed by atoms with E-state index in [9.17, 15) is 13.2 Å². The van der Waals surface area contributed by atoms with E-state index in [0.717, 1.165) is 0 Å². The van der Waals surface area contributed by atoms with Crippen LogP contribution in [0.25, 0.3) is 0 Å². The first-order valence-corrected chi connectivity index (χ1v) is 8.03. The first-order valence-electron chi connectivity index (χ1n) is 6.17. The van der Waals surface area contributed by atoms with Crippen LogP contribution in [0.4, 0.5) is 0 Å². The molecule has 2 N–H and O–H groups in total. The van der Waals surface area contributed by atoms with Crippen LogP contribution in [0.1, 0.15) is 25.3 Å². The SMILES string of the molecule is CC(CCC(=O)O)CNS(=O)(=O)c1cc(C#N)ccc1Cl. The predicted octanol–water partition coefficient (Wildman–Crippen LogP) is 1.99. The monoisotopic (exact) mass is 330 g/mol. The summed E-state index contributed by atoms with van der Waals surface area (Å²) < 4.78 is 26.7. The number of hydrogen-bond acceptors (Lipinski definition) is 4. The van der Waals surface area contributed by atoms with Gasteiger partial charge in [0.2, 0.25) is 10.0 Å². The molecule has 0 aliphatic rings. The first kappa shape index (κ1) is 17.4. The average molecular weight is 331 g/mol. The van der Waals surface area contributed by atoms with E-state index in [-0.39, 0.29) is 34.4 Å². The molecule has 21 heavy (non-hydrogen) atoms. The minimum atomic E-state index is -3.84. The Balaban J connectivity index is 2.78. The van der Waals surface area contributed by atoms with E-state index < -0.39 is 16.0 Å². The van der Waals surface area contributed by atoms with Gasteiger partial charge in [0.1, 0.15) is 4.90 Å². The third-order valence-corrected chi connectivity index (χ3v) is 4.73.